The zero-order valence-corrected chi connectivity index (χ0v) is 12.5. The highest BCUT2D eigenvalue weighted by atomic mass is 16.5. The lowest BCUT2D eigenvalue weighted by atomic mass is 10.0. The van der Waals surface area contributed by atoms with Gasteiger partial charge in [-0.25, -0.2) is 0 Å². The van der Waals surface area contributed by atoms with E-state index >= 15 is 0 Å². The Morgan fingerprint density at radius 3 is 2.42 bits per heavy atom. The lowest BCUT2D eigenvalue weighted by Gasteiger charge is -2.25. The number of aryl methyl sites for hydroxylation is 1. The van der Waals surface area contributed by atoms with Crippen LogP contribution in [0, 0.1) is 0 Å². The predicted octanol–water partition coefficient (Wildman–Crippen LogP) is 2.01. The van der Waals surface area contributed by atoms with Crippen LogP contribution in [0.2, 0.25) is 0 Å². The second-order valence-electron chi connectivity index (χ2n) is 5.67. The molecule has 0 amide bonds. The van der Waals surface area contributed by atoms with Crippen LogP contribution in [-0.2, 0) is 22.5 Å². The van der Waals surface area contributed by atoms with Crippen molar-refractivity contribution >= 4 is 5.97 Å². The molecular weight excluding hydrogens is 242 g/mol. The maximum absolute atomic E-state index is 11.2. The molecule has 0 unspecified atom stereocenters. The van der Waals surface area contributed by atoms with Gasteiger partial charge < -0.3 is 14.0 Å². The van der Waals surface area contributed by atoms with Crippen molar-refractivity contribution in [1.29, 1.82) is 0 Å². The Bertz CT molecular complexity index is 436. The van der Waals surface area contributed by atoms with Crippen molar-refractivity contribution in [3.05, 3.63) is 29.3 Å². The molecule has 1 aromatic rings. The number of benzene rings is 1. The normalized spacial score (nSPS) is 11.2. The summed E-state index contributed by atoms with van der Waals surface area (Å²) in [7, 11) is 9.52. The van der Waals surface area contributed by atoms with E-state index in [4.69, 9.17) is 4.74 Å². The quantitative estimate of drug-likeness (QED) is 0.583. The second kappa shape index (κ2) is 6.57. The molecule has 4 nitrogen and oxygen atoms in total. The van der Waals surface area contributed by atoms with Gasteiger partial charge in [-0.1, -0.05) is 6.07 Å². The smallest absolute Gasteiger partial charge is 0.305 e. The van der Waals surface area contributed by atoms with Crippen LogP contribution in [0.15, 0.2) is 18.2 Å². The van der Waals surface area contributed by atoms with Crippen molar-refractivity contribution in [2.45, 2.75) is 19.4 Å². The molecule has 0 aromatic heterocycles. The average molecular weight is 266 g/mol. The molecule has 0 atom stereocenters. The van der Waals surface area contributed by atoms with Crippen LogP contribution >= 0.6 is 0 Å². The summed E-state index contributed by atoms with van der Waals surface area (Å²) >= 11 is 0. The third-order valence-electron chi connectivity index (χ3n) is 2.83. The molecule has 1 rings (SSSR count). The van der Waals surface area contributed by atoms with E-state index in [1.807, 2.05) is 12.1 Å². The Hall–Kier alpha value is -1.55. The molecule has 4 heteroatoms. The van der Waals surface area contributed by atoms with E-state index in [-0.39, 0.29) is 5.97 Å². The van der Waals surface area contributed by atoms with Crippen LogP contribution in [0.5, 0.6) is 5.75 Å². The first kappa shape index (κ1) is 15.5. The zero-order chi connectivity index (χ0) is 14.5. The number of esters is 1. The van der Waals surface area contributed by atoms with E-state index in [9.17, 15) is 4.79 Å². The van der Waals surface area contributed by atoms with Gasteiger partial charge in [0.05, 0.1) is 35.4 Å². The maximum Gasteiger partial charge on any atom is 0.305 e. The van der Waals surface area contributed by atoms with Gasteiger partial charge in [0.1, 0.15) is 12.3 Å². The van der Waals surface area contributed by atoms with E-state index in [0.717, 1.165) is 27.9 Å². The van der Waals surface area contributed by atoms with Crippen LogP contribution in [0.3, 0.4) is 0 Å². The highest BCUT2D eigenvalue weighted by Gasteiger charge is 2.14. The number of quaternary nitrogens is 1. The summed E-state index contributed by atoms with van der Waals surface area (Å²) in [5.41, 5.74) is 2.30. The Kier molecular flexibility index (Phi) is 5.36. The van der Waals surface area contributed by atoms with Gasteiger partial charge in [0.25, 0.3) is 0 Å². The fourth-order valence-corrected chi connectivity index (χ4v) is 1.97. The van der Waals surface area contributed by atoms with Crippen molar-refractivity contribution in [3.63, 3.8) is 0 Å². The molecule has 0 radical (unpaired) electrons. The molecule has 0 aliphatic rings. The van der Waals surface area contributed by atoms with Gasteiger partial charge in [0, 0.05) is 12.0 Å². The summed E-state index contributed by atoms with van der Waals surface area (Å²) < 4.78 is 10.9. The van der Waals surface area contributed by atoms with Crippen molar-refractivity contribution in [2.24, 2.45) is 0 Å². The number of hydrogen-bond acceptors (Lipinski definition) is 3. The first-order valence-corrected chi connectivity index (χ1v) is 6.39. The first-order valence-electron chi connectivity index (χ1n) is 6.39. The van der Waals surface area contributed by atoms with E-state index in [0.29, 0.717) is 12.8 Å². The second-order valence-corrected chi connectivity index (χ2v) is 5.67. The molecule has 0 saturated carbocycles. The Morgan fingerprint density at radius 2 is 1.89 bits per heavy atom. The molecule has 0 bridgehead atoms. The highest BCUT2D eigenvalue weighted by molar-refractivity contribution is 5.69. The van der Waals surface area contributed by atoms with Gasteiger partial charge in [-0.3, -0.25) is 4.79 Å². The van der Waals surface area contributed by atoms with Gasteiger partial charge in [-0.15, -0.1) is 0 Å². The molecule has 0 aliphatic heterocycles. The zero-order valence-electron chi connectivity index (χ0n) is 12.5. The van der Waals surface area contributed by atoms with Crippen LogP contribution in [-0.4, -0.2) is 45.8 Å². The number of carbonyl (C=O) groups is 1. The fraction of sp³-hybridized carbons (Fsp3) is 0.533. The fourth-order valence-electron chi connectivity index (χ4n) is 1.97. The number of hydrogen-bond donors (Lipinski definition) is 0. The maximum atomic E-state index is 11.2. The highest BCUT2D eigenvalue weighted by Crippen LogP contribution is 2.23. The van der Waals surface area contributed by atoms with E-state index in [1.54, 1.807) is 7.11 Å². The molecular formula is C15H24NO3+. The Morgan fingerprint density at radius 1 is 1.21 bits per heavy atom. The third kappa shape index (κ3) is 5.30. The summed E-state index contributed by atoms with van der Waals surface area (Å²) in [4.78, 5) is 11.2. The average Bonchev–Trinajstić information content (AvgIpc) is 2.34. The molecule has 0 spiro atoms. The predicted molar refractivity (Wildman–Crippen MR) is 75.1 cm³/mol. The van der Waals surface area contributed by atoms with Gasteiger partial charge >= 0.3 is 5.97 Å². The minimum Gasteiger partial charge on any atom is -0.496 e. The monoisotopic (exact) mass is 266 g/mol. The molecule has 0 N–H and O–H groups in total. The van der Waals surface area contributed by atoms with Gasteiger partial charge in [0.2, 0.25) is 0 Å². The van der Waals surface area contributed by atoms with Gasteiger partial charge in [-0.05, 0) is 24.1 Å². The summed E-state index contributed by atoms with van der Waals surface area (Å²) in [6, 6.07) is 6.09. The Labute approximate surface area is 115 Å². The number of carbonyl (C=O) groups excluding carboxylic acids is 1. The van der Waals surface area contributed by atoms with Crippen molar-refractivity contribution < 1.29 is 18.8 Å². The van der Waals surface area contributed by atoms with Crippen LogP contribution < -0.4 is 4.74 Å². The molecule has 0 heterocycles. The molecule has 1 aromatic carbocycles. The molecule has 0 saturated heterocycles. The van der Waals surface area contributed by atoms with E-state index in [2.05, 4.69) is 31.9 Å². The first-order chi connectivity index (χ1) is 8.85. The standard InChI is InChI=1S/C15H24NO3/c1-16(2,3)11-13-10-12(6-8-14(13)18-4)7-9-15(17)19-5/h6,8,10H,7,9,11H2,1-5H3/q+1. The lowest BCUT2D eigenvalue weighted by molar-refractivity contribution is -0.884. The topological polar surface area (TPSA) is 35.5 Å². The van der Waals surface area contributed by atoms with Crippen LogP contribution in [0.1, 0.15) is 17.5 Å². The van der Waals surface area contributed by atoms with Crippen molar-refractivity contribution in [1.82, 2.24) is 0 Å². The van der Waals surface area contributed by atoms with E-state index in [1.165, 1.54) is 7.11 Å². The van der Waals surface area contributed by atoms with Crippen molar-refractivity contribution in [3.8, 4) is 5.75 Å². The summed E-state index contributed by atoms with van der Waals surface area (Å²) in [6.07, 6.45) is 1.10. The summed E-state index contributed by atoms with van der Waals surface area (Å²) in [5.74, 6) is 0.721. The minimum atomic E-state index is -0.177. The van der Waals surface area contributed by atoms with Crippen molar-refractivity contribution in [2.75, 3.05) is 35.4 Å². The molecule has 19 heavy (non-hydrogen) atoms. The summed E-state index contributed by atoms with van der Waals surface area (Å²) in [6.45, 7) is 0.884. The number of methoxy groups -OCH3 is 2. The van der Waals surface area contributed by atoms with Gasteiger partial charge in [-0.2, -0.15) is 0 Å². The Balaban J connectivity index is 2.85. The number of ether oxygens (including phenoxy) is 2. The largest absolute Gasteiger partial charge is 0.496 e. The molecule has 0 fully saturated rings. The third-order valence-corrected chi connectivity index (χ3v) is 2.83. The van der Waals surface area contributed by atoms with E-state index < -0.39 is 0 Å². The number of rotatable bonds is 6. The van der Waals surface area contributed by atoms with Crippen LogP contribution in [0.4, 0.5) is 0 Å². The van der Waals surface area contributed by atoms with Crippen LogP contribution in [0.25, 0.3) is 0 Å². The van der Waals surface area contributed by atoms with Gasteiger partial charge in [0.15, 0.2) is 0 Å². The molecule has 0 aliphatic carbocycles. The number of nitrogens with zero attached hydrogens (tertiary/aromatic N) is 1. The lowest BCUT2D eigenvalue weighted by Crippen LogP contribution is -2.33. The SMILES string of the molecule is COC(=O)CCc1ccc(OC)c(C[N+](C)(C)C)c1. The molecule has 106 valence electrons. The summed E-state index contributed by atoms with van der Waals surface area (Å²) in [5, 5.41) is 0. The minimum absolute atomic E-state index is 0.177.